The molecule has 0 bridgehead atoms. The van der Waals surface area contributed by atoms with Crippen molar-refractivity contribution in [1.82, 2.24) is 4.57 Å². The molecule has 0 unspecified atom stereocenters. The number of benzene rings is 2. The Balaban J connectivity index is 1.81. The van der Waals surface area contributed by atoms with Gasteiger partial charge in [0.05, 0.1) is 5.52 Å². The van der Waals surface area contributed by atoms with Crippen LogP contribution in [0.3, 0.4) is 0 Å². The number of rotatable bonds is 4. The van der Waals surface area contributed by atoms with Gasteiger partial charge in [-0.1, -0.05) is 52.3 Å². The monoisotopic (exact) mass is 383 g/mol. The molecular formula is C20H18BrNO2. The number of aryl methyl sites for hydroxylation is 1. The molecule has 0 radical (unpaired) electrons. The number of nitrogens with zero attached hydrogens (tertiary/aromatic N) is 1. The van der Waals surface area contributed by atoms with E-state index in [-0.39, 0.29) is 5.56 Å². The third-order valence-electron chi connectivity index (χ3n) is 4.50. The lowest BCUT2D eigenvalue weighted by Gasteiger charge is -2.15. The van der Waals surface area contributed by atoms with Gasteiger partial charge >= 0.3 is 0 Å². The summed E-state index contributed by atoms with van der Waals surface area (Å²) in [5.74, 6) is 0.431. The molecule has 4 heteroatoms. The van der Waals surface area contributed by atoms with Crippen LogP contribution in [0.1, 0.15) is 30.0 Å². The van der Waals surface area contributed by atoms with E-state index < -0.39 is 0 Å². The van der Waals surface area contributed by atoms with Crippen molar-refractivity contribution in [3.05, 3.63) is 74.5 Å². The van der Waals surface area contributed by atoms with E-state index in [1.54, 1.807) is 0 Å². The maximum Gasteiger partial charge on any atom is 0.293 e. The van der Waals surface area contributed by atoms with Crippen LogP contribution in [0.5, 0.6) is 5.75 Å². The lowest BCUT2D eigenvalue weighted by Crippen LogP contribution is -2.22. The van der Waals surface area contributed by atoms with Gasteiger partial charge < -0.3 is 9.30 Å². The predicted molar refractivity (Wildman–Crippen MR) is 99.7 cm³/mol. The van der Waals surface area contributed by atoms with E-state index in [4.69, 9.17) is 4.74 Å². The molecule has 0 N–H and O–H groups in total. The summed E-state index contributed by atoms with van der Waals surface area (Å²) in [5.41, 5.74) is 3.15. The van der Waals surface area contributed by atoms with Gasteiger partial charge in [0.1, 0.15) is 6.61 Å². The van der Waals surface area contributed by atoms with Crippen LogP contribution in [0.25, 0.3) is 10.9 Å². The van der Waals surface area contributed by atoms with E-state index in [0.717, 1.165) is 39.3 Å². The summed E-state index contributed by atoms with van der Waals surface area (Å²) in [7, 11) is 0. The first kappa shape index (κ1) is 15.5. The number of ether oxygens (including phenoxy) is 1. The molecule has 1 aliphatic carbocycles. The second-order valence-electron chi connectivity index (χ2n) is 6.30. The van der Waals surface area contributed by atoms with Crippen molar-refractivity contribution in [3.63, 3.8) is 0 Å². The zero-order valence-corrected chi connectivity index (χ0v) is 15.0. The average Bonchev–Trinajstić information content (AvgIpc) is 3.43. The van der Waals surface area contributed by atoms with Crippen LogP contribution in [0, 0.1) is 6.92 Å². The molecule has 1 fully saturated rings. The lowest BCUT2D eigenvalue weighted by atomic mass is 10.1. The largest absolute Gasteiger partial charge is 0.483 e. The summed E-state index contributed by atoms with van der Waals surface area (Å²) >= 11 is 3.58. The SMILES string of the molecule is Cc1c(Br)ccc2cc(OCc3ccccc3)c(=O)n(C3CC3)c12. The first-order valence-corrected chi connectivity index (χ1v) is 8.95. The van der Waals surface area contributed by atoms with E-state index in [2.05, 4.69) is 22.9 Å². The molecule has 3 nitrogen and oxygen atoms in total. The summed E-state index contributed by atoms with van der Waals surface area (Å²) in [6.07, 6.45) is 2.12. The maximum atomic E-state index is 13.0. The van der Waals surface area contributed by atoms with Gasteiger partial charge in [-0.25, -0.2) is 0 Å². The maximum absolute atomic E-state index is 13.0. The second kappa shape index (κ2) is 6.10. The van der Waals surface area contributed by atoms with Crippen LogP contribution >= 0.6 is 15.9 Å². The fourth-order valence-corrected chi connectivity index (χ4v) is 3.40. The third kappa shape index (κ3) is 2.75. The van der Waals surface area contributed by atoms with E-state index in [1.807, 2.05) is 53.1 Å². The van der Waals surface area contributed by atoms with Crippen LogP contribution in [0.15, 0.2) is 57.8 Å². The molecular weight excluding hydrogens is 366 g/mol. The highest BCUT2D eigenvalue weighted by Gasteiger charge is 2.28. The molecule has 24 heavy (non-hydrogen) atoms. The molecule has 1 aromatic heterocycles. The normalized spacial score (nSPS) is 14.1. The Morgan fingerprint density at radius 3 is 2.62 bits per heavy atom. The fraction of sp³-hybridized carbons (Fsp3) is 0.250. The molecule has 0 amide bonds. The van der Waals surface area contributed by atoms with Crippen molar-refractivity contribution in [3.8, 4) is 5.75 Å². The zero-order chi connectivity index (χ0) is 16.7. The van der Waals surface area contributed by atoms with Crippen LogP contribution in [-0.2, 0) is 6.61 Å². The van der Waals surface area contributed by atoms with Crippen LogP contribution in [0.4, 0.5) is 0 Å². The molecule has 1 saturated carbocycles. The van der Waals surface area contributed by atoms with Gasteiger partial charge in [-0.15, -0.1) is 0 Å². The standard InChI is InChI=1S/C20H18BrNO2/c1-13-17(21)10-7-15-11-18(24-12-14-5-3-2-4-6-14)20(23)22(19(13)15)16-8-9-16/h2-7,10-11,16H,8-9,12H2,1H3. The van der Waals surface area contributed by atoms with E-state index in [1.165, 1.54) is 0 Å². The van der Waals surface area contributed by atoms with Crippen molar-refractivity contribution in [1.29, 1.82) is 0 Å². The summed E-state index contributed by atoms with van der Waals surface area (Å²) in [4.78, 5) is 13.0. The Morgan fingerprint density at radius 1 is 1.17 bits per heavy atom. The van der Waals surface area contributed by atoms with E-state index >= 15 is 0 Å². The van der Waals surface area contributed by atoms with Crippen LogP contribution in [0.2, 0.25) is 0 Å². The average molecular weight is 384 g/mol. The van der Waals surface area contributed by atoms with Gasteiger partial charge in [-0.2, -0.15) is 0 Å². The van der Waals surface area contributed by atoms with E-state index in [0.29, 0.717) is 18.4 Å². The van der Waals surface area contributed by atoms with Gasteiger partial charge in [-0.05, 0) is 43.0 Å². The number of fused-ring (bicyclic) bond motifs is 1. The molecule has 0 spiro atoms. The van der Waals surface area contributed by atoms with Crippen molar-refractivity contribution in [2.75, 3.05) is 0 Å². The van der Waals surface area contributed by atoms with Crippen molar-refractivity contribution < 1.29 is 4.74 Å². The second-order valence-corrected chi connectivity index (χ2v) is 7.15. The quantitative estimate of drug-likeness (QED) is 0.635. The number of aromatic nitrogens is 1. The highest BCUT2D eigenvalue weighted by atomic mass is 79.9. The first-order chi connectivity index (χ1) is 11.6. The van der Waals surface area contributed by atoms with Crippen molar-refractivity contribution in [2.24, 2.45) is 0 Å². The topological polar surface area (TPSA) is 31.2 Å². The van der Waals surface area contributed by atoms with E-state index in [9.17, 15) is 4.79 Å². The summed E-state index contributed by atoms with van der Waals surface area (Å²) in [5, 5.41) is 1.05. The molecule has 2 aromatic carbocycles. The molecule has 0 saturated heterocycles. The number of pyridine rings is 1. The minimum absolute atomic E-state index is 0.0258. The van der Waals surface area contributed by atoms with Gasteiger partial charge in [0.15, 0.2) is 5.75 Å². The van der Waals surface area contributed by atoms with Crippen molar-refractivity contribution >= 4 is 26.8 Å². The lowest BCUT2D eigenvalue weighted by molar-refractivity contribution is 0.300. The molecule has 0 aliphatic heterocycles. The van der Waals surface area contributed by atoms with Gasteiger partial charge in [-0.3, -0.25) is 4.79 Å². The Bertz CT molecular complexity index is 959. The first-order valence-electron chi connectivity index (χ1n) is 8.16. The molecule has 3 aromatic rings. The highest BCUT2D eigenvalue weighted by molar-refractivity contribution is 9.10. The minimum atomic E-state index is -0.0258. The number of halogens is 1. The summed E-state index contributed by atoms with van der Waals surface area (Å²) < 4.78 is 8.83. The minimum Gasteiger partial charge on any atom is -0.483 e. The number of hydrogen-bond acceptors (Lipinski definition) is 2. The third-order valence-corrected chi connectivity index (χ3v) is 5.36. The Kier molecular flexibility index (Phi) is 3.93. The molecule has 1 aliphatic rings. The highest BCUT2D eigenvalue weighted by Crippen LogP contribution is 2.38. The van der Waals surface area contributed by atoms with Crippen LogP contribution in [-0.4, -0.2) is 4.57 Å². The smallest absolute Gasteiger partial charge is 0.293 e. The number of hydrogen-bond donors (Lipinski definition) is 0. The molecule has 0 atom stereocenters. The molecule has 4 rings (SSSR count). The Labute approximate surface area is 149 Å². The molecule has 1 heterocycles. The zero-order valence-electron chi connectivity index (χ0n) is 13.5. The Morgan fingerprint density at radius 2 is 1.92 bits per heavy atom. The predicted octanol–water partition coefficient (Wildman–Crippen LogP) is 4.99. The summed E-state index contributed by atoms with van der Waals surface area (Å²) in [6.45, 7) is 2.46. The Hall–Kier alpha value is -2.07. The molecule has 122 valence electrons. The van der Waals surface area contributed by atoms with Crippen molar-refractivity contribution in [2.45, 2.75) is 32.4 Å². The van der Waals surface area contributed by atoms with Gasteiger partial charge in [0.25, 0.3) is 5.56 Å². The fourth-order valence-electron chi connectivity index (χ4n) is 3.08. The van der Waals surface area contributed by atoms with Gasteiger partial charge in [0.2, 0.25) is 0 Å². The van der Waals surface area contributed by atoms with Gasteiger partial charge in [0, 0.05) is 15.9 Å². The summed E-state index contributed by atoms with van der Waals surface area (Å²) in [6, 6.07) is 16.2. The van der Waals surface area contributed by atoms with Crippen LogP contribution < -0.4 is 10.3 Å².